The first-order chi connectivity index (χ1) is 9.00. The Morgan fingerprint density at radius 3 is 2.74 bits per heavy atom. The molecule has 1 N–H and O–H groups in total. The van der Waals surface area contributed by atoms with Gasteiger partial charge < -0.3 is 5.32 Å². The Morgan fingerprint density at radius 1 is 1.47 bits per heavy atom. The van der Waals surface area contributed by atoms with Crippen LogP contribution in [0.3, 0.4) is 0 Å². The molecule has 0 spiro atoms. The van der Waals surface area contributed by atoms with Crippen LogP contribution >= 0.6 is 11.3 Å². The molecule has 5 nitrogen and oxygen atoms in total. The van der Waals surface area contributed by atoms with Gasteiger partial charge in [0.2, 0.25) is 5.91 Å². The third-order valence-electron chi connectivity index (χ3n) is 3.25. The molecule has 0 aromatic carbocycles. The summed E-state index contributed by atoms with van der Waals surface area (Å²) < 4.78 is 25.6. The maximum Gasteiger partial charge on any atom is 0.252 e. The lowest BCUT2D eigenvalue weighted by atomic mass is 10.2. The van der Waals surface area contributed by atoms with E-state index in [1.54, 1.807) is 17.5 Å². The molecule has 0 bridgehead atoms. The fraction of sp³-hybridized carbons (Fsp3) is 0.583. The normalized spacial score (nSPS) is 16.9. The number of thiophene rings is 1. The number of carbonyl (C=O) groups is 1. The fourth-order valence-corrected chi connectivity index (χ4v) is 4.52. The van der Waals surface area contributed by atoms with Crippen molar-refractivity contribution in [2.45, 2.75) is 35.9 Å². The van der Waals surface area contributed by atoms with Gasteiger partial charge in [0.25, 0.3) is 10.0 Å². The van der Waals surface area contributed by atoms with Gasteiger partial charge in [-0.25, -0.2) is 8.42 Å². The van der Waals surface area contributed by atoms with Gasteiger partial charge in [-0.3, -0.25) is 4.79 Å². The smallest absolute Gasteiger partial charge is 0.252 e. The first-order valence-electron chi connectivity index (χ1n) is 6.29. The van der Waals surface area contributed by atoms with Crippen molar-refractivity contribution in [3.63, 3.8) is 0 Å². The number of nitrogens with one attached hydrogen (secondary N) is 1. The summed E-state index contributed by atoms with van der Waals surface area (Å²) in [5.74, 6) is -0.227. The summed E-state index contributed by atoms with van der Waals surface area (Å²) in [6.45, 7) is -0.128. The Labute approximate surface area is 117 Å². The van der Waals surface area contributed by atoms with Crippen molar-refractivity contribution < 1.29 is 13.2 Å². The van der Waals surface area contributed by atoms with Crippen LogP contribution in [0.1, 0.15) is 25.7 Å². The van der Waals surface area contributed by atoms with Crippen LogP contribution in [-0.2, 0) is 14.8 Å². The topological polar surface area (TPSA) is 66.5 Å². The summed E-state index contributed by atoms with van der Waals surface area (Å²) in [7, 11) is -2.10. The number of sulfonamides is 1. The lowest BCUT2D eigenvalue weighted by Crippen LogP contribution is -2.41. The molecule has 0 aliphatic heterocycles. The average Bonchev–Trinajstić information content (AvgIpc) is 3.00. The highest BCUT2D eigenvalue weighted by Crippen LogP contribution is 2.20. The second kappa shape index (κ2) is 6.02. The van der Waals surface area contributed by atoms with Crippen molar-refractivity contribution in [1.29, 1.82) is 0 Å². The van der Waals surface area contributed by atoms with E-state index in [1.807, 2.05) is 0 Å². The highest BCUT2D eigenvalue weighted by atomic mass is 32.2. The van der Waals surface area contributed by atoms with Crippen molar-refractivity contribution in [2.24, 2.45) is 0 Å². The number of rotatable bonds is 5. The minimum atomic E-state index is -3.53. The summed E-state index contributed by atoms with van der Waals surface area (Å²) in [6, 6.07) is 3.44. The van der Waals surface area contributed by atoms with Crippen molar-refractivity contribution in [1.82, 2.24) is 9.62 Å². The minimum absolute atomic E-state index is 0.128. The molecule has 0 saturated heterocycles. The molecule has 0 atom stereocenters. The number of carbonyl (C=O) groups excluding carboxylic acids is 1. The van der Waals surface area contributed by atoms with E-state index in [0.717, 1.165) is 41.3 Å². The van der Waals surface area contributed by atoms with Gasteiger partial charge in [0.05, 0.1) is 6.54 Å². The second-order valence-electron chi connectivity index (χ2n) is 4.74. The molecule has 0 unspecified atom stereocenters. The molecule has 2 rings (SSSR count). The highest BCUT2D eigenvalue weighted by molar-refractivity contribution is 7.91. The molecular formula is C12H18N2O3S2. The molecule has 1 aliphatic carbocycles. The van der Waals surface area contributed by atoms with E-state index in [4.69, 9.17) is 0 Å². The monoisotopic (exact) mass is 302 g/mol. The van der Waals surface area contributed by atoms with Crippen LogP contribution < -0.4 is 5.32 Å². The Kier molecular flexibility index (Phi) is 4.59. The molecule has 1 aromatic heterocycles. The van der Waals surface area contributed by atoms with E-state index < -0.39 is 10.0 Å². The zero-order chi connectivity index (χ0) is 13.9. The molecule has 7 heteroatoms. The van der Waals surface area contributed by atoms with Crippen LogP contribution in [0.4, 0.5) is 0 Å². The summed E-state index contributed by atoms with van der Waals surface area (Å²) >= 11 is 1.16. The minimum Gasteiger partial charge on any atom is -0.352 e. The lowest BCUT2D eigenvalue weighted by molar-refractivity contribution is -0.121. The predicted octanol–water partition coefficient (Wildman–Crippen LogP) is 1.43. The third kappa shape index (κ3) is 3.55. The van der Waals surface area contributed by atoms with Crippen molar-refractivity contribution >= 4 is 27.3 Å². The van der Waals surface area contributed by atoms with Gasteiger partial charge in [0.15, 0.2) is 0 Å². The van der Waals surface area contributed by atoms with Crippen LogP contribution in [-0.4, -0.2) is 38.3 Å². The standard InChI is InChI=1S/C12H18N2O3S2/c1-14(19(16,17)12-7-4-8-18-12)9-11(15)13-10-5-2-3-6-10/h4,7-8,10H,2-3,5-6,9H2,1H3,(H,13,15). The summed E-state index contributed by atoms with van der Waals surface area (Å²) in [5, 5.41) is 4.59. The van der Waals surface area contributed by atoms with Crippen LogP contribution in [0.5, 0.6) is 0 Å². The zero-order valence-corrected chi connectivity index (χ0v) is 12.5. The molecular weight excluding hydrogens is 284 g/mol. The molecule has 1 fully saturated rings. The second-order valence-corrected chi connectivity index (χ2v) is 7.96. The number of likely N-dealkylation sites (N-methyl/N-ethyl adjacent to an activating group) is 1. The average molecular weight is 302 g/mol. The first kappa shape index (κ1) is 14.5. The number of amides is 1. The van der Waals surface area contributed by atoms with Crippen molar-refractivity contribution in [2.75, 3.05) is 13.6 Å². The van der Waals surface area contributed by atoms with Gasteiger partial charge >= 0.3 is 0 Å². The molecule has 1 aromatic rings. The van der Waals surface area contributed by atoms with Gasteiger partial charge in [0.1, 0.15) is 4.21 Å². The SMILES string of the molecule is CN(CC(=O)NC1CCCC1)S(=O)(=O)c1cccs1. The number of hydrogen-bond acceptors (Lipinski definition) is 4. The molecule has 1 aliphatic rings. The molecule has 19 heavy (non-hydrogen) atoms. The quantitative estimate of drug-likeness (QED) is 0.894. The number of nitrogens with zero attached hydrogens (tertiary/aromatic N) is 1. The highest BCUT2D eigenvalue weighted by Gasteiger charge is 2.25. The molecule has 106 valence electrons. The Balaban J connectivity index is 1.93. The molecule has 1 heterocycles. The molecule has 1 amide bonds. The Bertz CT molecular complexity index is 519. The summed E-state index contributed by atoms with van der Waals surface area (Å²) in [4.78, 5) is 11.8. The largest absolute Gasteiger partial charge is 0.352 e. The summed E-state index contributed by atoms with van der Waals surface area (Å²) in [6.07, 6.45) is 4.25. The lowest BCUT2D eigenvalue weighted by Gasteiger charge is -2.17. The van der Waals surface area contributed by atoms with E-state index in [2.05, 4.69) is 5.32 Å². The van der Waals surface area contributed by atoms with Crippen LogP contribution in [0, 0.1) is 0 Å². The predicted molar refractivity (Wildman–Crippen MR) is 74.5 cm³/mol. The molecule has 0 radical (unpaired) electrons. The molecule has 1 saturated carbocycles. The maximum absolute atomic E-state index is 12.1. The van der Waals surface area contributed by atoms with Crippen molar-refractivity contribution in [3.05, 3.63) is 17.5 Å². The van der Waals surface area contributed by atoms with E-state index in [0.29, 0.717) is 0 Å². The van der Waals surface area contributed by atoms with E-state index >= 15 is 0 Å². The van der Waals surface area contributed by atoms with Crippen LogP contribution in [0.2, 0.25) is 0 Å². The third-order valence-corrected chi connectivity index (χ3v) is 6.42. The van der Waals surface area contributed by atoms with Crippen LogP contribution in [0.15, 0.2) is 21.7 Å². The Hall–Kier alpha value is -0.920. The van der Waals surface area contributed by atoms with Crippen molar-refractivity contribution in [3.8, 4) is 0 Å². The zero-order valence-electron chi connectivity index (χ0n) is 10.8. The van der Waals surface area contributed by atoms with Gasteiger partial charge in [0, 0.05) is 13.1 Å². The Morgan fingerprint density at radius 2 is 2.16 bits per heavy atom. The van der Waals surface area contributed by atoms with E-state index in [1.165, 1.54) is 7.05 Å². The van der Waals surface area contributed by atoms with E-state index in [9.17, 15) is 13.2 Å². The first-order valence-corrected chi connectivity index (χ1v) is 8.61. The van der Waals surface area contributed by atoms with Crippen LogP contribution in [0.25, 0.3) is 0 Å². The van der Waals surface area contributed by atoms with Gasteiger partial charge in [-0.2, -0.15) is 4.31 Å². The fourth-order valence-electron chi connectivity index (χ4n) is 2.19. The van der Waals surface area contributed by atoms with Gasteiger partial charge in [-0.05, 0) is 24.3 Å². The van der Waals surface area contributed by atoms with Gasteiger partial charge in [-0.15, -0.1) is 11.3 Å². The van der Waals surface area contributed by atoms with Gasteiger partial charge in [-0.1, -0.05) is 18.9 Å². The summed E-state index contributed by atoms with van der Waals surface area (Å²) in [5.41, 5.74) is 0. The van der Waals surface area contributed by atoms with E-state index in [-0.39, 0.29) is 22.7 Å². The number of hydrogen-bond donors (Lipinski definition) is 1. The maximum atomic E-state index is 12.1.